The third kappa shape index (κ3) is 3.20. The lowest BCUT2D eigenvalue weighted by Gasteiger charge is -2.10. The number of aromatic nitrogens is 1. The number of nitrogens with zero attached hydrogens (tertiary/aromatic N) is 2. The van der Waals surface area contributed by atoms with Crippen LogP contribution >= 0.6 is 0 Å². The number of rotatable bonds is 4. The van der Waals surface area contributed by atoms with Crippen LogP contribution in [-0.4, -0.2) is 34.5 Å². The van der Waals surface area contributed by atoms with Gasteiger partial charge in [0.25, 0.3) is 0 Å². The van der Waals surface area contributed by atoms with E-state index in [2.05, 4.69) is 10.3 Å². The highest BCUT2D eigenvalue weighted by Gasteiger charge is 2.06. The minimum Gasteiger partial charge on any atom is -0.394 e. The van der Waals surface area contributed by atoms with Crippen molar-refractivity contribution >= 4 is 5.82 Å². The number of nitrogens with one attached hydrogen (secondary N) is 1. The highest BCUT2D eigenvalue weighted by molar-refractivity contribution is 5.52. The van der Waals surface area contributed by atoms with Crippen molar-refractivity contribution in [3.05, 3.63) is 23.4 Å². The van der Waals surface area contributed by atoms with Crippen molar-refractivity contribution in [1.82, 2.24) is 4.98 Å². The van der Waals surface area contributed by atoms with E-state index in [-0.39, 0.29) is 13.2 Å². The molecule has 0 aliphatic rings. The maximum atomic E-state index is 9.13. The second-order valence-corrected chi connectivity index (χ2v) is 3.18. The zero-order chi connectivity index (χ0) is 11.3. The van der Waals surface area contributed by atoms with Gasteiger partial charge < -0.3 is 15.5 Å². The molecule has 5 heteroatoms. The van der Waals surface area contributed by atoms with Crippen LogP contribution in [0, 0.1) is 18.3 Å². The Labute approximate surface area is 88.0 Å². The van der Waals surface area contributed by atoms with Crippen LogP contribution in [0.1, 0.15) is 11.3 Å². The molecule has 1 rings (SSSR count). The van der Waals surface area contributed by atoms with Crippen molar-refractivity contribution in [1.29, 1.82) is 5.26 Å². The van der Waals surface area contributed by atoms with Crippen LogP contribution in [0.5, 0.6) is 0 Å². The Morgan fingerprint density at radius 3 is 2.93 bits per heavy atom. The first-order chi connectivity index (χ1) is 7.17. The van der Waals surface area contributed by atoms with Gasteiger partial charge in [-0.1, -0.05) is 0 Å². The van der Waals surface area contributed by atoms with Crippen LogP contribution in [0.4, 0.5) is 5.82 Å². The number of hydrogen-bond donors (Lipinski definition) is 3. The van der Waals surface area contributed by atoms with Gasteiger partial charge in [0.05, 0.1) is 18.3 Å². The summed E-state index contributed by atoms with van der Waals surface area (Å²) in [6, 6.07) is 5.40. The summed E-state index contributed by atoms with van der Waals surface area (Å²) in [5.41, 5.74) is 1.21. The topological polar surface area (TPSA) is 89.2 Å². The summed E-state index contributed by atoms with van der Waals surface area (Å²) >= 11 is 0. The van der Waals surface area contributed by atoms with E-state index in [0.717, 1.165) is 5.69 Å². The summed E-state index contributed by atoms with van der Waals surface area (Å²) < 4.78 is 0. The molecule has 0 bridgehead atoms. The summed E-state index contributed by atoms with van der Waals surface area (Å²) in [5, 5.41) is 29.3. The zero-order valence-corrected chi connectivity index (χ0v) is 8.44. The number of aliphatic hydroxyl groups excluding tert-OH is 2. The molecule has 0 amide bonds. The Bertz CT molecular complexity index is 373. The minimum absolute atomic E-state index is 0.168. The number of anilines is 1. The van der Waals surface area contributed by atoms with Crippen molar-refractivity contribution in [3.8, 4) is 6.07 Å². The van der Waals surface area contributed by atoms with Crippen LogP contribution in [0.2, 0.25) is 0 Å². The molecule has 15 heavy (non-hydrogen) atoms. The average Bonchev–Trinajstić information content (AvgIpc) is 2.26. The van der Waals surface area contributed by atoms with E-state index >= 15 is 0 Å². The second kappa shape index (κ2) is 5.29. The lowest BCUT2D eigenvalue weighted by atomic mass is 10.2. The number of hydrogen-bond acceptors (Lipinski definition) is 5. The fourth-order valence-electron chi connectivity index (χ4n) is 1.06. The predicted molar refractivity (Wildman–Crippen MR) is 55.3 cm³/mol. The lowest BCUT2D eigenvalue weighted by molar-refractivity contribution is 0.105. The molecule has 0 fully saturated rings. The van der Waals surface area contributed by atoms with E-state index < -0.39 is 6.10 Å². The average molecular weight is 207 g/mol. The first-order valence-corrected chi connectivity index (χ1v) is 4.58. The summed E-state index contributed by atoms with van der Waals surface area (Å²) in [4.78, 5) is 4.12. The molecule has 1 atom stereocenters. The van der Waals surface area contributed by atoms with Gasteiger partial charge in [-0.15, -0.1) is 0 Å². The molecule has 80 valence electrons. The fourth-order valence-corrected chi connectivity index (χ4v) is 1.06. The van der Waals surface area contributed by atoms with Gasteiger partial charge in [-0.2, -0.15) is 5.26 Å². The molecule has 0 aliphatic heterocycles. The molecule has 1 unspecified atom stereocenters. The molecule has 0 saturated heterocycles. The number of pyridine rings is 1. The van der Waals surface area contributed by atoms with Gasteiger partial charge in [0, 0.05) is 12.2 Å². The van der Waals surface area contributed by atoms with Gasteiger partial charge in [-0.25, -0.2) is 4.98 Å². The molecule has 1 heterocycles. The van der Waals surface area contributed by atoms with Gasteiger partial charge >= 0.3 is 0 Å². The van der Waals surface area contributed by atoms with E-state index in [4.69, 9.17) is 15.5 Å². The van der Waals surface area contributed by atoms with Crippen LogP contribution in [-0.2, 0) is 0 Å². The quantitative estimate of drug-likeness (QED) is 0.648. The molecule has 5 nitrogen and oxygen atoms in total. The highest BCUT2D eigenvalue weighted by Crippen LogP contribution is 2.11. The summed E-state index contributed by atoms with van der Waals surface area (Å²) in [6.45, 7) is 1.66. The molecule has 3 N–H and O–H groups in total. The summed E-state index contributed by atoms with van der Waals surface area (Å²) in [6.07, 6.45) is -0.848. The van der Waals surface area contributed by atoms with Crippen LogP contribution in [0.3, 0.4) is 0 Å². The molecule has 1 aromatic rings. The van der Waals surface area contributed by atoms with Crippen LogP contribution < -0.4 is 5.32 Å². The normalized spacial score (nSPS) is 11.9. The largest absolute Gasteiger partial charge is 0.394 e. The third-order valence-corrected chi connectivity index (χ3v) is 1.87. The summed E-state index contributed by atoms with van der Waals surface area (Å²) in [5.74, 6) is 0.435. The molecule has 0 radical (unpaired) electrons. The Morgan fingerprint density at radius 2 is 2.33 bits per heavy atom. The smallest absolute Gasteiger partial charge is 0.144 e. The van der Waals surface area contributed by atoms with Crippen molar-refractivity contribution in [2.75, 3.05) is 18.5 Å². The highest BCUT2D eigenvalue weighted by atomic mass is 16.3. The Balaban J connectivity index is 2.75. The van der Waals surface area contributed by atoms with Crippen LogP contribution in [0.15, 0.2) is 12.1 Å². The van der Waals surface area contributed by atoms with Crippen molar-refractivity contribution in [2.45, 2.75) is 13.0 Å². The van der Waals surface area contributed by atoms with Crippen molar-refractivity contribution < 1.29 is 10.2 Å². The SMILES string of the molecule is Cc1ccc(C#N)c(NCC(O)CO)n1. The van der Waals surface area contributed by atoms with E-state index in [0.29, 0.717) is 11.4 Å². The minimum atomic E-state index is -0.848. The summed E-state index contributed by atoms with van der Waals surface area (Å²) in [7, 11) is 0. The molecular formula is C10H13N3O2. The van der Waals surface area contributed by atoms with E-state index in [1.165, 1.54) is 0 Å². The zero-order valence-electron chi connectivity index (χ0n) is 8.44. The monoisotopic (exact) mass is 207 g/mol. The molecule has 0 saturated carbocycles. The Kier molecular flexibility index (Phi) is 4.03. The number of aliphatic hydroxyl groups is 2. The van der Waals surface area contributed by atoms with E-state index in [1.54, 1.807) is 12.1 Å². The van der Waals surface area contributed by atoms with Crippen molar-refractivity contribution in [2.24, 2.45) is 0 Å². The van der Waals surface area contributed by atoms with E-state index in [1.807, 2.05) is 13.0 Å². The molecule has 0 aromatic carbocycles. The van der Waals surface area contributed by atoms with Gasteiger partial charge in [-0.05, 0) is 19.1 Å². The van der Waals surface area contributed by atoms with Crippen LogP contribution in [0.25, 0.3) is 0 Å². The molecule has 1 aromatic heterocycles. The Morgan fingerprint density at radius 1 is 1.60 bits per heavy atom. The number of nitriles is 1. The Hall–Kier alpha value is -1.64. The molecule has 0 spiro atoms. The lowest BCUT2D eigenvalue weighted by Crippen LogP contribution is -2.23. The number of aryl methyl sites for hydroxylation is 1. The first kappa shape index (κ1) is 11.4. The maximum Gasteiger partial charge on any atom is 0.144 e. The second-order valence-electron chi connectivity index (χ2n) is 3.18. The molecule has 0 aliphatic carbocycles. The predicted octanol–water partition coefficient (Wildman–Crippen LogP) is 0.0268. The third-order valence-electron chi connectivity index (χ3n) is 1.87. The van der Waals surface area contributed by atoms with Gasteiger partial charge in [0.1, 0.15) is 11.9 Å². The first-order valence-electron chi connectivity index (χ1n) is 4.58. The molecular weight excluding hydrogens is 194 g/mol. The fraction of sp³-hybridized carbons (Fsp3) is 0.400. The standard InChI is InChI=1S/C10H13N3O2/c1-7-2-3-8(4-11)10(13-7)12-5-9(15)6-14/h2-3,9,14-15H,5-6H2,1H3,(H,12,13). The van der Waals surface area contributed by atoms with Gasteiger partial charge in [0.2, 0.25) is 0 Å². The van der Waals surface area contributed by atoms with Crippen molar-refractivity contribution in [3.63, 3.8) is 0 Å². The van der Waals surface area contributed by atoms with Gasteiger partial charge in [-0.3, -0.25) is 0 Å². The van der Waals surface area contributed by atoms with Gasteiger partial charge in [0.15, 0.2) is 0 Å². The maximum absolute atomic E-state index is 9.13. The van der Waals surface area contributed by atoms with E-state index in [9.17, 15) is 0 Å².